The molecule has 0 aliphatic carbocycles. The maximum atomic E-state index is 4.71. The number of rotatable bonds is 2. The zero-order valence-electron chi connectivity index (χ0n) is 10.3. The molecule has 0 unspecified atom stereocenters. The van der Waals surface area contributed by atoms with Gasteiger partial charge in [0.25, 0.3) is 0 Å². The summed E-state index contributed by atoms with van der Waals surface area (Å²) >= 11 is 0. The van der Waals surface area contributed by atoms with Crippen LogP contribution in [0.5, 0.6) is 0 Å². The third-order valence-corrected chi connectivity index (χ3v) is 3.05. The van der Waals surface area contributed by atoms with Crippen LogP contribution in [0.4, 0.5) is 11.4 Å². The lowest BCUT2D eigenvalue weighted by molar-refractivity contribution is 1.20. The minimum absolute atomic E-state index is 0.997. The second kappa shape index (κ2) is 4.53. The van der Waals surface area contributed by atoms with Gasteiger partial charge in [0.15, 0.2) is 0 Å². The molecule has 87 valence electrons. The number of fused-ring (bicyclic) bond motifs is 1. The van der Waals surface area contributed by atoms with Gasteiger partial charge in [0.2, 0.25) is 0 Å². The molecule has 1 heteroatoms. The molecule has 0 aliphatic heterocycles. The quantitative estimate of drug-likeness (QED) is 0.607. The van der Waals surface area contributed by atoms with E-state index in [1.54, 1.807) is 0 Å². The van der Waals surface area contributed by atoms with Crippen molar-refractivity contribution in [2.45, 2.75) is 6.92 Å². The summed E-state index contributed by atoms with van der Waals surface area (Å²) in [4.78, 5) is 0. The lowest BCUT2D eigenvalue weighted by atomic mass is 10.1. The van der Waals surface area contributed by atoms with E-state index < -0.39 is 0 Å². The summed E-state index contributed by atoms with van der Waals surface area (Å²) in [5.41, 5.74) is 3.28. The molecule has 0 N–H and O–H groups in total. The highest BCUT2D eigenvalue weighted by Gasteiger charge is 2.02. The van der Waals surface area contributed by atoms with Gasteiger partial charge < -0.3 is 0 Å². The largest absolute Gasteiger partial charge is 0.248 e. The van der Waals surface area contributed by atoms with Crippen LogP contribution in [0.2, 0.25) is 0 Å². The molecular formula is C17H14N. The van der Waals surface area contributed by atoms with Crippen LogP contribution in [-0.4, -0.2) is 0 Å². The molecule has 0 amide bonds. The first-order valence-corrected chi connectivity index (χ1v) is 6.09. The van der Waals surface area contributed by atoms with Gasteiger partial charge >= 0.3 is 0 Å². The summed E-state index contributed by atoms with van der Waals surface area (Å²) in [7, 11) is 0. The van der Waals surface area contributed by atoms with E-state index in [-0.39, 0.29) is 0 Å². The molecule has 0 saturated heterocycles. The molecule has 3 aromatic carbocycles. The zero-order chi connectivity index (χ0) is 12.4. The van der Waals surface area contributed by atoms with Gasteiger partial charge in [-0.3, -0.25) is 0 Å². The summed E-state index contributed by atoms with van der Waals surface area (Å²) in [6.45, 7) is 2.09. The predicted molar refractivity (Wildman–Crippen MR) is 76.6 cm³/mol. The van der Waals surface area contributed by atoms with Gasteiger partial charge in [0.1, 0.15) is 0 Å². The van der Waals surface area contributed by atoms with Gasteiger partial charge in [-0.1, -0.05) is 54.1 Å². The third kappa shape index (κ3) is 2.07. The Kier molecular flexibility index (Phi) is 2.73. The monoisotopic (exact) mass is 232 g/mol. The molecule has 3 aromatic rings. The van der Waals surface area contributed by atoms with Gasteiger partial charge in [-0.25, -0.2) is 5.32 Å². The molecule has 0 aromatic heterocycles. The van der Waals surface area contributed by atoms with E-state index >= 15 is 0 Å². The Labute approximate surface area is 107 Å². The zero-order valence-corrected chi connectivity index (χ0v) is 10.3. The summed E-state index contributed by atoms with van der Waals surface area (Å²) in [5, 5.41) is 7.13. The van der Waals surface area contributed by atoms with Crippen molar-refractivity contribution in [3.8, 4) is 0 Å². The van der Waals surface area contributed by atoms with E-state index in [0.29, 0.717) is 0 Å². The van der Waals surface area contributed by atoms with E-state index in [2.05, 4.69) is 73.7 Å². The average Bonchev–Trinajstić information content (AvgIpc) is 2.42. The molecule has 0 saturated carbocycles. The minimum atomic E-state index is 0.997. The van der Waals surface area contributed by atoms with Crippen LogP contribution in [0.1, 0.15) is 5.56 Å². The summed E-state index contributed by atoms with van der Waals surface area (Å²) in [5.74, 6) is 0. The lowest BCUT2D eigenvalue weighted by Gasteiger charge is -2.07. The van der Waals surface area contributed by atoms with Crippen molar-refractivity contribution in [3.05, 3.63) is 72.3 Å². The second-order valence-corrected chi connectivity index (χ2v) is 4.45. The Morgan fingerprint density at radius 2 is 1.44 bits per heavy atom. The predicted octanol–water partition coefficient (Wildman–Crippen LogP) is 4.72. The summed E-state index contributed by atoms with van der Waals surface area (Å²) < 4.78 is 0. The number of nitrogens with zero attached hydrogens (tertiary/aromatic N) is 1. The van der Waals surface area contributed by atoms with Crippen molar-refractivity contribution in [3.63, 3.8) is 0 Å². The first-order valence-electron chi connectivity index (χ1n) is 6.09. The molecule has 0 aliphatic rings. The number of hydrogen-bond acceptors (Lipinski definition) is 0. The second-order valence-electron chi connectivity index (χ2n) is 4.45. The molecule has 1 nitrogen and oxygen atoms in total. The molecule has 1 radical (unpaired) electrons. The molecule has 3 rings (SSSR count). The summed E-state index contributed by atoms with van der Waals surface area (Å²) in [6, 6.07) is 22.8. The van der Waals surface area contributed by atoms with Crippen LogP contribution >= 0.6 is 0 Å². The lowest BCUT2D eigenvalue weighted by Crippen LogP contribution is -1.89. The third-order valence-electron chi connectivity index (χ3n) is 3.05. The van der Waals surface area contributed by atoms with Gasteiger partial charge in [-0.15, -0.1) is 0 Å². The number of aryl methyl sites for hydroxylation is 1. The molecular weight excluding hydrogens is 218 g/mol. The molecule has 0 spiro atoms. The minimum Gasteiger partial charge on any atom is -0.248 e. The maximum absolute atomic E-state index is 4.71. The fourth-order valence-corrected chi connectivity index (χ4v) is 2.06. The van der Waals surface area contributed by atoms with E-state index in [9.17, 15) is 0 Å². The Bertz CT molecular complexity index is 663. The molecule has 18 heavy (non-hydrogen) atoms. The van der Waals surface area contributed by atoms with Crippen LogP contribution in [0.15, 0.2) is 66.7 Å². The van der Waals surface area contributed by atoms with Crippen molar-refractivity contribution >= 4 is 22.1 Å². The van der Waals surface area contributed by atoms with Crippen molar-refractivity contribution in [1.82, 2.24) is 5.32 Å². The molecule has 0 bridgehead atoms. The van der Waals surface area contributed by atoms with Gasteiger partial charge in [-0.05, 0) is 30.5 Å². The first kappa shape index (κ1) is 10.8. The standard InChI is InChI=1S/C17H14N/c1-13-9-11-15(12-10-13)18-17-8-4-6-14-5-2-3-7-16(14)17/h2-12H,1H3. The Morgan fingerprint density at radius 1 is 0.722 bits per heavy atom. The Balaban J connectivity index is 2.02. The SMILES string of the molecule is Cc1ccc([N]c2cccc3ccccc23)cc1. The van der Waals surface area contributed by atoms with E-state index in [4.69, 9.17) is 5.32 Å². The topological polar surface area (TPSA) is 14.1 Å². The maximum Gasteiger partial charge on any atom is 0.0715 e. The van der Waals surface area contributed by atoms with Gasteiger partial charge in [0.05, 0.1) is 11.4 Å². The fraction of sp³-hybridized carbons (Fsp3) is 0.0588. The van der Waals surface area contributed by atoms with Crippen LogP contribution in [0.25, 0.3) is 10.8 Å². The molecule has 0 fully saturated rings. The number of benzene rings is 3. The van der Waals surface area contributed by atoms with Crippen molar-refractivity contribution in [1.29, 1.82) is 0 Å². The van der Waals surface area contributed by atoms with Gasteiger partial charge in [0, 0.05) is 5.39 Å². The van der Waals surface area contributed by atoms with E-state index in [1.165, 1.54) is 16.3 Å². The van der Waals surface area contributed by atoms with E-state index in [1.807, 2.05) is 0 Å². The smallest absolute Gasteiger partial charge is 0.0715 e. The van der Waals surface area contributed by atoms with Crippen molar-refractivity contribution in [2.24, 2.45) is 0 Å². The van der Waals surface area contributed by atoms with Crippen LogP contribution in [-0.2, 0) is 0 Å². The van der Waals surface area contributed by atoms with Crippen LogP contribution in [0.3, 0.4) is 0 Å². The van der Waals surface area contributed by atoms with E-state index in [0.717, 1.165) is 11.4 Å². The number of hydrogen-bond donors (Lipinski definition) is 0. The molecule has 0 atom stereocenters. The fourth-order valence-electron chi connectivity index (χ4n) is 2.06. The Hall–Kier alpha value is -2.28. The molecule has 0 heterocycles. The average molecular weight is 232 g/mol. The summed E-state index contributed by atoms with van der Waals surface area (Å²) in [6.07, 6.45) is 0. The van der Waals surface area contributed by atoms with Crippen molar-refractivity contribution in [2.75, 3.05) is 0 Å². The first-order chi connectivity index (χ1) is 8.83. The highest BCUT2D eigenvalue weighted by Crippen LogP contribution is 2.26. The highest BCUT2D eigenvalue weighted by molar-refractivity contribution is 5.92. The highest BCUT2D eigenvalue weighted by atomic mass is 14.9. The normalized spacial score (nSPS) is 10.5. The Morgan fingerprint density at radius 3 is 2.28 bits per heavy atom. The van der Waals surface area contributed by atoms with Crippen LogP contribution < -0.4 is 5.32 Å². The van der Waals surface area contributed by atoms with Crippen molar-refractivity contribution < 1.29 is 0 Å². The van der Waals surface area contributed by atoms with Gasteiger partial charge in [-0.2, -0.15) is 0 Å². The van der Waals surface area contributed by atoms with Crippen LogP contribution in [0, 0.1) is 6.92 Å².